The molecule has 0 saturated carbocycles. The lowest BCUT2D eigenvalue weighted by Gasteiger charge is -2.18. The second-order valence-electron chi connectivity index (χ2n) is 5.69. The van der Waals surface area contributed by atoms with Crippen LogP contribution in [-0.2, 0) is 23.8 Å². The smallest absolute Gasteiger partial charge is 0.330 e. The molecule has 9 nitrogen and oxygen atoms in total. The number of hydrogen-bond acceptors (Lipinski definition) is 7. The number of nitrogens with zero attached hydrogens (tertiary/aromatic N) is 1. The highest BCUT2D eigenvalue weighted by atomic mass is 79.9. The van der Waals surface area contributed by atoms with Gasteiger partial charge in [0.05, 0.1) is 5.56 Å². The number of esters is 2. The van der Waals surface area contributed by atoms with Gasteiger partial charge < -0.3 is 14.2 Å². The number of hydrogen-bond donors (Lipinski definition) is 1. The molecule has 26 heavy (non-hydrogen) atoms. The lowest BCUT2D eigenvalue weighted by molar-refractivity contribution is -0.155. The quantitative estimate of drug-likeness (QED) is 0.515. The summed E-state index contributed by atoms with van der Waals surface area (Å²) < 4.78 is 30.6. The fourth-order valence-electron chi connectivity index (χ4n) is 2.58. The van der Waals surface area contributed by atoms with Crippen LogP contribution in [0.3, 0.4) is 0 Å². The Morgan fingerprint density at radius 3 is 2.69 bits per heavy atom. The van der Waals surface area contributed by atoms with Crippen LogP contribution < -0.4 is 11.2 Å². The van der Waals surface area contributed by atoms with E-state index in [-0.39, 0.29) is 23.9 Å². The largest absolute Gasteiger partial charge is 0.463 e. The monoisotopic (exact) mass is 436 g/mol. The van der Waals surface area contributed by atoms with Gasteiger partial charge in [-0.3, -0.25) is 23.9 Å². The van der Waals surface area contributed by atoms with Gasteiger partial charge in [-0.05, 0) is 0 Å². The predicted octanol–water partition coefficient (Wildman–Crippen LogP) is 0.724. The molecule has 1 aromatic rings. The Bertz CT molecular complexity index is 793. The molecule has 2 rings (SSSR count). The van der Waals surface area contributed by atoms with Crippen LogP contribution in [0.5, 0.6) is 0 Å². The van der Waals surface area contributed by atoms with E-state index in [0.717, 1.165) is 10.8 Å². The topological polar surface area (TPSA) is 117 Å². The van der Waals surface area contributed by atoms with E-state index >= 15 is 0 Å². The van der Waals surface area contributed by atoms with Gasteiger partial charge in [-0.1, -0.05) is 15.9 Å². The van der Waals surface area contributed by atoms with E-state index in [1.807, 2.05) is 4.98 Å². The van der Waals surface area contributed by atoms with Crippen molar-refractivity contribution in [2.45, 2.75) is 44.9 Å². The Hall–Kier alpha value is -2.01. The molecule has 1 aliphatic rings. The molecule has 2 heterocycles. The fourth-order valence-corrected chi connectivity index (χ4v) is 2.93. The summed E-state index contributed by atoms with van der Waals surface area (Å²) in [5.41, 5.74) is -1.86. The number of aromatic amines is 1. The predicted molar refractivity (Wildman–Crippen MR) is 89.7 cm³/mol. The fraction of sp³-hybridized carbons (Fsp3) is 0.600. The molecule has 1 unspecified atom stereocenters. The molecule has 4 atom stereocenters. The van der Waals surface area contributed by atoms with E-state index < -0.39 is 47.8 Å². The molecule has 1 aromatic heterocycles. The number of aromatic nitrogens is 2. The third-order valence-electron chi connectivity index (χ3n) is 3.73. The second-order valence-corrected chi connectivity index (χ2v) is 6.34. The molecular weight excluding hydrogens is 419 g/mol. The van der Waals surface area contributed by atoms with Crippen molar-refractivity contribution in [3.05, 3.63) is 32.6 Å². The van der Waals surface area contributed by atoms with Crippen molar-refractivity contribution in [3.8, 4) is 0 Å². The molecule has 0 radical (unpaired) electrons. The summed E-state index contributed by atoms with van der Waals surface area (Å²) in [7, 11) is 0. The van der Waals surface area contributed by atoms with Crippen molar-refractivity contribution >= 4 is 27.9 Å². The SMILES string of the molecule is CC(=O)OC[C@H]1O[C@@H](n2cc(C(F)CBr)c(=O)[nH]c2=O)C[C@@H]1OC(C)=O. The number of nitrogens with one attached hydrogen (secondary N) is 1. The van der Waals surface area contributed by atoms with Gasteiger partial charge in [-0.2, -0.15) is 0 Å². The number of ether oxygens (including phenoxy) is 3. The second kappa shape index (κ2) is 8.58. The van der Waals surface area contributed by atoms with E-state index in [0.29, 0.717) is 0 Å². The average molecular weight is 437 g/mol. The highest BCUT2D eigenvalue weighted by molar-refractivity contribution is 9.09. The zero-order valence-corrected chi connectivity index (χ0v) is 15.7. The summed E-state index contributed by atoms with van der Waals surface area (Å²) in [6, 6.07) is 0. The number of alkyl halides is 2. The lowest BCUT2D eigenvalue weighted by Crippen LogP contribution is -2.35. The van der Waals surface area contributed by atoms with Crippen molar-refractivity contribution in [2.24, 2.45) is 0 Å². The van der Waals surface area contributed by atoms with Crippen molar-refractivity contribution in [1.82, 2.24) is 9.55 Å². The maximum absolute atomic E-state index is 13.9. The molecule has 0 aliphatic carbocycles. The van der Waals surface area contributed by atoms with Crippen molar-refractivity contribution in [3.63, 3.8) is 0 Å². The van der Waals surface area contributed by atoms with Gasteiger partial charge in [0.2, 0.25) is 0 Å². The average Bonchev–Trinajstić information content (AvgIpc) is 2.94. The van der Waals surface area contributed by atoms with Gasteiger partial charge in [0, 0.05) is 31.8 Å². The normalized spacial score (nSPS) is 23.5. The first kappa shape index (κ1) is 20.3. The van der Waals surface area contributed by atoms with Gasteiger partial charge >= 0.3 is 17.6 Å². The van der Waals surface area contributed by atoms with Crippen molar-refractivity contribution in [1.29, 1.82) is 0 Å². The van der Waals surface area contributed by atoms with E-state index in [1.165, 1.54) is 13.8 Å². The minimum atomic E-state index is -1.62. The van der Waals surface area contributed by atoms with E-state index in [4.69, 9.17) is 14.2 Å². The summed E-state index contributed by atoms with van der Waals surface area (Å²) in [5.74, 6) is -1.11. The lowest BCUT2D eigenvalue weighted by atomic mass is 10.2. The molecule has 1 saturated heterocycles. The highest BCUT2D eigenvalue weighted by Crippen LogP contribution is 2.30. The number of carbonyl (C=O) groups excluding carboxylic acids is 2. The molecule has 1 fully saturated rings. The Labute approximate surface area is 155 Å². The first-order valence-corrected chi connectivity index (χ1v) is 8.86. The summed E-state index contributed by atoms with van der Waals surface area (Å²) in [5, 5.41) is -0.120. The number of rotatable bonds is 6. The molecule has 0 bridgehead atoms. The van der Waals surface area contributed by atoms with Crippen LogP contribution in [0.25, 0.3) is 0 Å². The third kappa shape index (κ3) is 4.79. The van der Waals surface area contributed by atoms with Gasteiger partial charge in [-0.15, -0.1) is 0 Å². The van der Waals surface area contributed by atoms with Crippen LogP contribution in [0.2, 0.25) is 0 Å². The first-order chi connectivity index (χ1) is 12.2. The van der Waals surface area contributed by atoms with Crippen LogP contribution in [-0.4, -0.2) is 45.6 Å². The van der Waals surface area contributed by atoms with E-state index in [2.05, 4.69) is 15.9 Å². The van der Waals surface area contributed by atoms with Crippen molar-refractivity contribution < 1.29 is 28.2 Å². The molecule has 1 aliphatic heterocycles. The van der Waals surface area contributed by atoms with Crippen LogP contribution >= 0.6 is 15.9 Å². The van der Waals surface area contributed by atoms with Gasteiger partial charge in [-0.25, -0.2) is 9.18 Å². The van der Waals surface area contributed by atoms with Crippen LogP contribution in [0.4, 0.5) is 4.39 Å². The minimum absolute atomic E-state index is 0.0716. The Balaban J connectivity index is 2.30. The molecule has 0 spiro atoms. The first-order valence-electron chi connectivity index (χ1n) is 7.74. The van der Waals surface area contributed by atoms with E-state index in [9.17, 15) is 23.6 Å². The molecule has 0 aromatic carbocycles. The standard InChI is InChI=1S/C15H18BrFN2O7/c1-7(20)24-6-12-11(25-8(2)21)3-13(26-12)19-5-9(10(17)4-16)14(22)18-15(19)23/h5,10-13H,3-4,6H2,1-2H3,(H,18,22,23)/t10?,11-,12+,13+/m0/s1. The van der Waals surface area contributed by atoms with E-state index in [1.54, 1.807) is 0 Å². The summed E-state index contributed by atoms with van der Waals surface area (Å²) >= 11 is 2.94. The number of carbonyl (C=O) groups is 2. The maximum Gasteiger partial charge on any atom is 0.330 e. The molecule has 1 N–H and O–H groups in total. The minimum Gasteiger partial charge on any atom is -0.463 e. The zero-order valence-electron chi connectivity index (χ0n) is 14.1. The maximum atomic E-state index is 13.9. The molecule has 0 amide bonds. The summed E-state index contributed by atoms with van der Waals surface area (Å²) in [6.45, 7) is 2.25. The van der Waals surface area contributed by atoms with Crippen LogP contribution in [0, 0.1) is 0 Å². The van der Waals surface area contributed by atoms with Gasteiger partial charge in [0.15, 0.2) is 0 Å². The molecule has 11 heteroatoms. The molecule has 144 valence electrons. The summed E-state index contributed by atoms with van der Waals surface area (Å²) in [6.07, 6.45) is -2.96. The molecular formula is C15H18BrFN2O7. The van der Waals surface area contributed by atoms with Crippen molar-refractivity contribution in [2.75, 3.05) is 11.9 Å². The highest BCUT2D eigenvalue weighted by Gasteiger charge is 2.40. The van der Waals surface area contributed by atoms with Gasteiger partial charge in [0.25, 0.3) is 5.56 Å². The third-order valence-corrected chi connectivity index (χ3v) is 4.30. The van der Waals surface area contributed by atoms with Crippen LogP contribution in [0.1, 0.15) is 38.2 Å². The zero-order chi connectivity index (χ0) is 19.4. The van der Waals surface area contributed by atoms with Gasteiger partial charge in [0.1, 0.15) is 31.2 Å². The van der Waals surface area contributed by atoms with Crippen LogP contribution in [0.15, 0.2) is 15.8 Å². The summed E-state index contributed by atoms with van der Waals surface area (Å²) in [4.78, 5) is 48.2. The number of H-pyrrole nitrogens is 1. The number of halogens is 2. The Morgan fingerprint density at radius 2 is 2.12 bits per heavy atom. The Morgan fingerprint density at radius 1 is 1.42 bits per heavy atom. The Kier molecular flexibility index (Phi) is 6.70.